The third-order valence-corrected chi connectivity index (χ3v) is 4.70. The Morgan fingerprint density at radius 1 is 1.14 bits per heavy atom. The molecule has 0 aliphatic carbocycles. The fraction of sp³-hybridized carbons (Fsp3) is 0.647. The molecule has 2 unspecified atom stereocenters. The molecule has 0 aromatic heterocycles. The first-order valence-electron chi connectivity index (χ1n) is 7.84. The maximum absolute atomic E-state index is 5.91. The Balaban J connectivity index is 2.21. The van der Waals surface area contributed by atoms with Gasteiger partial charge in [-0.25, -0.2) is 0 Å². The zero-order valence-corrected chi connectivity index (χ0v) is 14.1. The Kier molecular flexibility index (Phi) is 5.91. The van der Waals surface area contributed by atoms with Crippen LogP contribution in [0.5, 0.6) is 17.2 Å². The van der Waals surface area contributed by atoms with E-state index in [4.69, 9.17) is 19.9 Å². The number of methoxy groups -OCH3 is 3. The van der Waals surface area contributed by atoms with Crippen molar-refractivity contribution in [2.24, 2.45) is 17.6 Å². The van der Waals surface area contributed by atoms with Crippen molar-refractivity contribution in [1.82, 2.24) is 4.90 Å². The molecule has 1 aliphatic heterocycles. The largest absolute Gasteiger partial charge is 0.496 e. The number of ether oxygens (including phenoxy) is 3. The number of piperidine rings is 1. The van der Waals surface area contributed by atoms with Gasteiger partial charge in [0.1, 0.15) is 17.2 Å². The van der Waals surface area contributed by atoms with Crippen LogP contribution in [-0.2, 0) is 6.54 Å². The molecule has 1 fully saturated rings. The van der Waals surface area contributed by atoms with Gasteiger partial charge in [-0.2, -0.15) is 0 Å². The van der Waals surface area contributed by atoms with Gasteiger partial charge in [0.15, 0.2) is 0 Å². The number of nitrogens with zero attached hydrogens (tertiary/aromatic N) is 1. The summed E-state index contributed by atoms with van der Waals surface area (Å²) in [6.45, 7) is 5.95. The SMILES string of the molecule is COc1cc(OC)c(CN2CCC(C)C(CN)C2)c(OC)c1. The number of hydrogen-bond donors (Lipinski definition) is 1. The van der Waals surface area contributed by atoms with Crippen molar-refractivity contribution in [3.05, 3.63) is 17.7 Å². The molecule has 1 aromatic carbocycles. The average Bonchev–Trinajstić information content (AvgIpc) is 2.56. The van der Waals surface area contributed by atoms with E-state index in [0.29, 0.717) is 11.8 Å². The second-order valence-corrected chi connectivity index (χ2v) is 6.01. The molecule has 0 bridgehead atoms. The van der Waals surface area contributed by atoms with E-state index in [-0.39, 0.29) is 0 Å². The van der Waals surface area contributed by atoms with E-state index in [0.717, 1.165) is 49.0 Å². The van der Waals surface area contributed by atoms with Crippen molar-refractivity contribution >= 4 is 0 Å². The molecule has 5 heteroatoms. The van der Waals surface area contributed by atoms with Gasteiger partial charge in [0.05, 0.1) is 26.9 Å². The Morgan fingerprint density at radius 2 is 1.77 bits per heavy atom. The summed E-state index contributed by atoms with van der Waals surface area (Å²) < 4.78 is 16.4. The highest BCUT2D eigenvalue weighted by atomic mass is 16.5. The molecule has 1 aliphatic rings. The van der Waals surface area contributed by atoms with Crippen molar-refractivity contribution in [3.8, 4) is 17.2 Å². The van der Waals surface area contributed by atoms with Crippen LogP contribution in [0.1, 0.15) is 18.9 Å². The van der Waals surface area contributed by atoms with Gasteiger partial charge in [0, 0.05) is 25.2 Å². The van der Waals surface area contributed by atoms with E-state index >= 15 is 0 Å². The topological polar surface area (TPSA) is 57.0 Å². The van der Waals surface area contributed by atoms with Crippen LogP contribution in [-0.4, -0.2) is 45.9 Å². The molecule has 2 N–H and O–H groups in total. The van der Waals surface area contributed by atoms with Gasteiger partial charge in [0.25, 0.3) is 0 Å². The minimum absolute atomic E-state index is 0.559. The Bertz CT molecular complexity index is 468. The van der Waals surface area contributed by atoms with Gasteiger partial charge in [-0.1, -0.05) is 6.92 Å². The monoisotopic (exact) mass is 308 g/mol. The first-order valence-corrected chi connectivity index (χ1v) is 7.84. The van der Waals surface area contributed by atoms with Crippen molar-refractivity contribution in [2.45, 2.75) is 19.9 Å². The molecule has 1 saturated heterocycles. The van der Waals surface area contributed by atoms with Gasteiger partial charge < -0.3 is 19.9 Å². The predicted molar refractivity (Wildman–Crippen MR) is 87.7 cm³/mol. The van der Waals surface area contributed by atoms with Gasteiger partial charge >= 0.3 is 0 Å². The molecule has 0 amide bonds. The van der Waals surface area contributed by atoms with Gasteiger partial charge in [-0.05, 0) is 31.3 Å². The molecule has 0 radical (unpaired) electrons. The Hall–Kier alpha value is -1.46. The van der Waals surface area contributed by atoms with Gasteiger partial charge in [-0.3, -0.25) is 4.90 Å². The number of nitrogens with two attached hydrogens (primary N) is 1. The van der Waals surface area contributed by atoms with E-state index in [2.05, 4.69) is 11.8 Å². The highest BCUT2D eigenvalue weighted by Gasteiger charge is 2.26. The van der Waals surface area contributed by atoms with E-state index < -0.39 is 0 Å². The summed E-state index contributed by atoms with van der Waals surface area (Å²) in [7, 11) is 5.00. The third kappa shape index (κ3) is 3.65. The first-order chi connectivity index (χ1) is 10.6. The molecule has 2 atom stereocenters. The molecule has 1 heterocycles. The van der Waals surface area contributed by atoms with Crippen molar-refractivity contribution in [2.75, 3.05) is 41.0 Å². The van der Waals surface area contributed by atoms with Crippen molar-refractivity contribution < 1.29 is 14.2 Å². The summed E-state index contributed by atoms with van der Waals surface area (Å²) in [5, 5.41) is 0. The zero-order chi connectivity index (χ0) is 16.1. The fourth-order valence-electron chi connectivity index (χ4n) is 3.13. The molecule has 124 valence electrons. The summed E-state index contributed by atoms with van der Waals surface area (Å²) >= 11 is 0. The Labute approximate surface area is 133 Å². The smallest absolute Gasteiger partial charge is 0.130 e. The summed E-state index contributed by atoms with van der Waals surface area (Å²) in [4.78, 5) is 2.43. The summed E-state index contributed by atoms with van der Waals surface area (Å²) in [5.41, 5.74) is 6.97. The van der Waals surface area contributed by atoms with Crippen LogP contribution in [0.2, 0.25) is 0 Å². The molecular weight excluding hydrogens is 280 g/mol. The van der Waals surface area contributed by atoms with E-state index in [1.54, 1.807) is 21.3 Å². The fourth-order valence-corrected chi connectivity index (χ4v) is 3.13. The van der Waals surface area contributed by atoms with Crippen molar-refractivity contribution in [1.29, 1.82) is 0 Å². The molecule has 5 nitrogen and oxygen atoms in total. The van der Waals surface area contributed by atoms with Crippen LogP contribution in [0, 0.1) is 11.8 Å². The lowest BCUT2D eigenvalue weighted by atomic mass is 9.87. The van der Waals surface area contributed by atoms with E-state index in [9.17, 15) is 0 Å². The van der Waals surface area contributed by atoms with Crippen molar-refractivity contribution in [3.63, 3.8) is 0 Å². The van der Waals surface area contributed by atoms with Crippen LogP contribution < -0.4 is 19.9 Å². The standard InChI is InChI=1S/C17H28N2O3/c1-12-5-6-19(10-13(12)9-18)11-15-16(21-3)7-14(20-2)8-17(15)22-4/h7-8,12-13H,5-6,9-11,18H2,1-4H3. The molecule has 22 heavy (non-hydrogen) atoms. The van der Waals surface area contributed by atoms with E-state index in [1.807, 2.05) is 12.1 Å². The quantitative estimate of drug-likeness (QED) is 0.872. The minimum Gasteiger partial charge on any atom is -0.496 e. The molecular formula is C17H28N2O3. The highest BCUT2D eigenvalue weighted by Crippen LogP contribution is 2.36. The minimum atomic E-state index is 0.559. The molecule has 1 aromatic rings. The maximum Gasteiger partial charge on any atom is 0.130 e. The second kappa shape index (κ2) is 7.70. The molecule has 2 rings (SSSR count). The van der Waals surface area contributed by atoms with Crippen LogP contribution in [0.25, 0.3) is 0 Å². The predicted octanol–water partition coefficient (Wildman–Crippen LogP) is 2.13. The van der Waals surface area contributed by atoms with Crippen LogP contribution in [0.4, 0.5) is 0 Å². The summed E-state index contributed by atoms with van der Waals surface area (Å²) in [6.07, 6.45) is 1.18. The highest BCUT2D eigenvalue weighted by molar-refractivity contribution is 5.50. The lowest BCUT2D eigenvalue weighted by Gasteiger charge is -2.37. The summed E-state index contributed by atoms with van der Waals surface area (Å²) in [6, 6.07) is 3.82. The number of rotatable bonds is 6. The lowest BCUT2D eigenvalue weighted by Crippen LogP contribution is -2.42. The molecule has 0 spiro atoms. The summed E-state index contributed by atoms with van der Waals surface area (Å²) in [5.74, 6) is 3.60. The zero-order valence-electron chi connectivity index (χ0n) is 14.1. The second-order valence-electron chi connectivity index (χ2n) is 6.01. The van der Waals surface area contributed by atoms with Gasteiger partial charge in [-0.15, -0.1) is 0 Å². The lowest BCUT2D eigenvalue weighted by molar-refractivity contribution is 0.124. The normalized spacial score (nSPS) is 22.4. The number of benzene rings is 1. The third-order valence-electron chi connectivity index (χ3n) is 4.70. The van der Waals surface area contributed by atoms with Crippen LogP contribution >= 0.6 is 0 Å². The number of likely N-dealkylation sites (tertiary alicyclic amines) is 1. The van der Waals surface area contributed by atoms with Crippen LogP contribution in [0.15, 0.2) is 12.1 Å². The number of hydrogen-bond acceptors (Lipinski definition) is 5. The molecule has 0 saturated carbocycles. The first kappa shape index (κ1) is 16.9. The van der Waals surface area contributed by atoms with Crippen LogP contribution in [0.3, 0.4) is 0 Å². The Morgan fingerprint density at radius 3 is 2.27 bits per heavy atom. The maximum atomic E-state index is 5.91. The van der Waals surface area contributed by atoms with Gasteiger partial charge in [0.2, 0.25) is 0 Å². The average molecular weight is 308 g/mol. The van der Waals surface area contributed by atoms with E-state index in [1.165, 1.54) is 6.42 Å².